The monoisotopic (exact) mass is 396 g/mol. The summed E-state index contributed by atoms with van der Waals surface area (Å²) in [5.41, 5.74) is 6.45. The van der Waals surface area contributed by atoms with Crippen LogP contribution in [0.15, 0.2) is 54.7 Å². The summed E-state index contributed by atoms with van der Waals surface area (Å²) in [5.74, 6) is 6.16. The predicted octanol–water partition coefficient (Wildman–Crippen LogP) is 4.33. The van der Waals surface area contributed by atoms with E-state index in [0.717, 1.165) is 23.3 Å². The Hall–Kier alpha value is -2.82. The number of aromatic nitrogens is 2. The van der Waals surface area contributed by atoms with E-state index >= 15 is 0 Å². The van der Waals surface area contributed by atoms with Gasteiger partial charge in [-0.1, -0.05) is 25.1 Å². The second-order valence-corrected chi connectivity index (χ2v) is 6.63. The van der Waals surface area contributed by atoms with Crippen LogP contribution in [0, 0.1) is 5.82 Å². The van der Waals surface area contributed by atoms with Crippen LogP contribution in [0.3, 0.4) is 0 Å². The first-order valence-corrected chi connectivity index (χ1v) is 9.39. The zero-order valence-corrected chi connectivity index (χ0v) is 16.9. The lowest BCUT2D eigenvalue weighted by molar-refractivity contribution is 0.369. The molecule has 3 rings (SSSR count). The quantitative estimate of drug-likeness (QED) is 0.281. The largest absolute Gasteiger partial charge is 0.496 e. The van der Waals surface area contributed by atoms with Gasteiger partial charge in [-0.3, -0.25) is 10.8 Å². The van der Waals surface area contributed by atoms with Crippen LogP contribution in [0.2, 0.25) is 0 Å². The molecule has 0 aliphatic rings. The van der Waals surface area contributed by atoms with Gasteiger partial charge in [-0.25, -0.2) is 9.37 Å². The van der Waals surface area contributed by atoms with Gasteiger partial charge in [-0.05, 0) is 36.8 Å². The molecule has 2 aromatic heterocycles. The third-order valence-electron chi connectivity index (χ3n) is 4.27. The van der Waals surface area contributed by atoms with Crippen LogP contribution >= 0.6 is 9.24 Å². The molecule has 5 nitrogen and oxygen atoms in total. The lowest BCUT2D eigenvalue weighted by Gasteiger charge is -2.13. The van der Waals surface area contributed by atoms with Crippen LogP contribution in [-0.2, 0) is 4.74 Å². The maximum atomic E-state index is 14.2. The van der Waals surface area contributed by atoms with Gasteiger partial charge in [0, 0.05) is 22.6 Å². The number of nitrogens with zero attached hydrogens (tertiary/aromatic N) is 2. The molecule has 0 saturated heterocycles. The molecule has 0 saturated carbocycles. The van der Waals surface area contributed by atoms with E-state index in [0.29, 0.717) is 27.8 Å². The first-order valence-electron chi connectivity index (χ1n) is 8.82. The molecule has 0 bridgehead atoms. The van der Waals surface area contributed by atoms with Crippen molar-refractivity contribution in [3.05, 3.63) is 77.4 Å². The van der Waals surface area contributed by atoms with Crippen molar-refractivity contribution in [2.45, 2.75) is 13.3 Å². The Kier molecular flexibility index (Phi) is 6.34. The van der Waals surface area contributed by atoms with Crippen LogP contribution in [0.25, 0.3) is 27.8 Å². The topological polar surface area (TPSA) is 73.1 Å². The Balaban J connectivity index is 2.13. The van der Waals surface area contributed by atoms with E-state index < -0.39 is 0 Å². The predicted molar refractivity (Wildman–Crippen MR) is 115 cm³/mol. The van der Waals surface area contributed by atoms with Gasteiger partial charge in [0.2, 0.25) is 0 Å². The van der Waals surface area contributed by atoms with Gasteiger partial charge in [0.1, 0.15) is 11.6 Å². The molecule has 2 heterocycles. The highest BCUT2D eigenvalue weighted by molar-refractivity contribution is 7.32. The van der Waals surface area contributed by atoms with Gasteiger partial charge in [0.25, 0.3) is 0 Å². The molecule has 0 amide bonds. The lowest BCUT2D eigenvalue weighted by atomic mass is 10.1. The van der Waals surface area contributed by atoms with Crippen LogP contribution in [0.5, 0.6) is 0 Å². The fourth-order valence-electron chi connectivity index (χ4n) is 2.89. The van der Waals surface area contributed by atoms with Crippen LogP contribution < -0.4 is 11.3 Å². The molecule has 144 valence electrons. The summed E-state index contributed by atoms with van der Waals surface area (Å²) in [6, 6.07) is 12.1. The molecule has 0 aliphatic carbocycles. The van der Waals surface area contributed by atoms with Gasteiger partial charge < -0.3 is 10.2 Å². The Morgan fingerprint density at radius 3 is 2.71 bits per heavy atom. The van der Waals surface area contributed by atoms with E-state index in [-0.39, 0.29) is 5.82 Å². The molecule has 1 atom stereocenters. The van der Waals surface area contributed by atoms with Gasteiger partial charge in [-0.15, -0.1) is 9.24 Å². The second kappa shape index (κ2) is 8.91. The average Bonchev–Trinajstić information content (AvgIpc) is 2.72. The number of hydrogen-bond acceptors (Lipinski definition) is 5. The number of hydrogen-bond donors (Lipinski definition) is 2. The summed E-state index contributed by atoms with van der Waals surface area (Å²) in [4.78, 5) is 9.14. The first kappa shape index (κ1) is 19.9. The number of rotatable bonds is 6. The van der Waals surface area contributed by atoms with Gasteiger partial charge >= 0.3 is 0 Å². The molecule has 1 unspecified atom stereocenters. The van der Waals surface area contributed by atoms with Gasteiger partial charge in [0.15, 0.2) is 0 Å². The van der Waals surface area contributed by atoms with Crippen molar-refractivity contribution in [1.82, 2.24) is 15.4 Å². The normalized spacial score (nSPS) is 12.7. The molecule has 3 aromatic rings. The Bertz CT molecular complexity index is 1070. The molecule has 7 heteroatoms. The molecule has 0 aliphatic heterocycles. The van der Waals surface area contributed by atoms with Gasteiger partial charge in [0.05, 0.1) is 29.5 Å². The van der Waals surface area contributed by atoms with E-state index in [1.807, 2.05) is 25.1 Å². The number of benzene rings is 1. The molecule has 1 aromatic carbocycles. The minimum absolute atomic E-state index is 0.334. The van der Waals surface area contributed by atoms with E-state index in [2.05, 4.69) is 24.6 Å². The summed E-state index contributed by atoms with van der Waals surface area (Å²) >= 11 is 0. The smallest absolute Gasteiger partial charge is 0.131 e. The van der Waals surface area contributed by atoms with Crippen LogP contribution in [-0.4, -0.2) is 17.1 Å². The third-order valence-corrected chi connectivity index (χ3v) is 4.86. The number of ether oxygens (including phenoxy) is 1. The second-order valence-electron chi connectivity index (χ2n) is 6.05. The van der Waals surface area contributed by atoms with E-state index in [4.69, 9.17) is 10.6 Å². The molecular formula is C21H22FN4OP. The van der Waals surface area contributed by atoms with Crippen molar-refractivity contribution in [3.8, 4) is 0 Å². The highest BCUT2D eigenvalue weighted by Gasteiger charge is 2.13. The van der Waals surface area contributed by atoms with Crippen molar-refractivity contribution in [3.63, 3.8) is 0 Å². The molecular weight excluding hydrogens is 374 g/mol. The van der Waals surface area contributed by atoms with E-state index in [1.54, 1.807) is 37.6 Å². The number of nitrogens with one attached hydrogen (secondary N) is 1. The summed E-state index contributed by atoms with van der Waals surface area (Å²) in [7, 11) is 4.16. The Morgan fingerprint density at radius 2 is 2.04 bits per heavy atom. The summed E-state index contributed by atoms with van der Waals surface area (Å²) in [6.45, 7) is 2.04. The van der Waals surface area contributed by atoms with Crippen molar-refractivity contribution >= 4 is 37.0 Å². The minimum atomic E-state index is -0.334. The number of nitrogens with two attached hydrogens (primary N) is 1. The fraction of sp³-hybridized carbons (Fsp3) is 0.143. The number of halogens is 1. The number of methoxy groups -OCH3 is 1. The SMILES string of the molecule is CC/C=C(/OC)c1cnc2ccc(/C(NN)=C(/P)c3ccccc3F)nc2c1. The highest BCUT2D eigenvalue weighted by Crippen LogP contribution is 2.31. The van der Waals surface area contributed by atoms with Gasteiger partial charge in [-0.2, -0.15) is 0 Å². The zero-order chi connectivity index (χ0) is 20.1. The number of hydrazine groups is 1. The zero-order valence-electron chi connectivity index (χ0n) is 15.7. The van der Waals surface area contributed by atoms with Crippen molar-refractivity contribution in [1.29, 1.82) is 0 Å². The number of fused-ring (bicyclic) bond motifs is 1. The lowest BCUT2D eigenvalue weighted by Crippen LogP contribution is -2.21. The van der Waals surface area contributed by atoms with Crippen LogP contribution in [0.4, 0.5) is 4.39 Å². The van der Waals surface area contributed by atoms with Crippen molar-refractivity contribution < 1.29 is 9.13 Å². The minimum Gasteiger partial charge on any atom is -0.496 e. The maximum absolute atomic E-state index is 14.2. The maximum Gasteiger partial charge on any atom is 0.131 e. The molecule has 0 radical (unpaired) electrons. The summed E-state index contributed by atoms with van der Waals surface area (Å²) in [5, 5.41) is 0.583. The van der Waals surface area contributed by atoms with Crippen molar-refractivity contribution in [2.24, 2.45) is 5.84 Å². The molecule has 0 fully saturated rings. The molecule has 28 heavy (non-hydrogen) atoms. The summed E-state index contributed by atoms with van der Waals surface area (Å²) in [6.07, 6.45) is 4.59. The first-order chi connectivity index (χ1) is 13.6. The van der Waals surface area contributed by atoms with E-state index in [1.165, 1.54) is 6.07 Å². The molecule has 3 N–H and O–H groups in total. The van der Waals surface area contributed by atoms with Crippen molar-refractivity contribution in [2.75, 3.05) is 7.11 Å². The Morgan fingerprint density at radius 1 is 1.25 bits per heavy atom. The third kappa shape index (κ3) is 4.03. The average molecular weight is 396 g/mol. The Labute approximate surface area is 165 Å². The highest BCUT2D eigenvalue weighted by atomic mass is 31.0. The fourth-order valence-corrected chi connectivity index (χ4v) is 3.35. The van der Waals surface area contributed by atoms with E-state index in [9.17, 15) is 4.39 Å². The standard InChI is InChI=1S/C21H22FN4OP/c1-3-6-19(27-2)13-11-18-16(24-12-13)9-10-17(25-18)20(26-23)21(28)14-7-4-5-8-15(14)22/h4-12,26H,3,23,28H2,1-2H3/b19-6+,21-20-. The van der Waals surface area contributed by atoms with Crippen LogP contribution in [0.1, 0.15) is 30.2 Å². The summed E-state index contributed by atoms with van der Waals surface area (Å²) < 4.78 is 19.6. The number of pyridine rings is 2. The number of allylic oxidation sites excluding steroid dienone is 1. The molecule has 0 spiro atoms.